The number of nitrogens with one attached hydrogen (secondary N) is 1. The fraction of sp³-hybridized carbons (Fsp3) is 0.350. The average Bonchev–Trinajstić information content (AvgIpc) is 2.75. The lowest BCUT2D eigenvalue weighted by Gasteiger charge is -2.26. The fourth-order valence-corrected chi connectivity index (χ4v) is 5.15. The lowest BCUT2D eigenvalue weighted by Crippen LogP contribution is -2.40. The summed E-state index contributed by atoms with van der Waals surface area (Å²) in [7, 11) is -4.05. The molecular formula is C20H20ClFN2O6S. The van der Waals surface area contributed by atoms with Crippen LogP contribution in [0.1, 0.15) is 5.56 Å². The number of morpholine rings is 1. The molecule has 31 heavy (non-hydrogen) atoms. The molecule has 11 heteroatoms. The van der Waals surface area contributed by atoms with E-state index in [1.807, 2.05) is 0 Å². The van der Waals surface area contributed by atoms with Crippen molar-refractivity contribution in [2.24, 2.45) is 0 Å². The number of halogens is 2. The predicted octanol–water partition coefficient (Wildman–Crippen LogP) is 2.45. The number of hydrogen-bond donors (Lipinski definition) is 1. The maximum Gasteiger partial charge on any atom is 0.246 e. The van der Waals surface area contributed by atoms with Gasteiger partial charge in [-0.3, -0.25) is 4.79 Å². The summed E-state index contributed by atoms with van der Waals surface area (Å²) in [6, 6.07) is 6.72. The maximum atomic E-state index is 14.3. The average molecular weight is 471 g/mol. The van der Waals surface area contributed by atoms with Crippen molar-refractivity contribution in [1.82, 2.24) is 4.31 Å². The molecule has 0 spiro atoms. The monoisotopic (exact) mass is 470 g/mol. The van der Waals surface area contributed by atoms with E-state index in [4.69, 9.17) is 25.8 Å². The van der Waals surface area contributed by atoms with Gasteiger partial charge in [-0.25, -0.2) is 12.8 Å². The van der Waals surface area contributed by atoms with Gasteiger partial charge in [0.2, 0.25) is 15.9 Å². The van der Waals surface area contributed by atoms with Crippen LogP contribution in [-0.2, 0) is 26.0 Å². The topological polar surface area (TPSA) is 94.2 Å². The van der Waals surface area contributed by atoms with Crippen molar-refractivity contribution in [3.8, 4) is 11.5 Å². The van der Waals surface area contributed by atoms with E-state index in [2.05, 4.69) is 5.32 Å². The first-order valence-corrected chi connectivity index (χ1v) is 11.4. The van der Waals surface area contributed by atoms with E-state index in [1.165, 1.54) is 6.07 Å². The molecule has 4 rings (SSSR count). The highest BCUT2D eigenvalue weighted by Gasteiger charge is 2.29. The van der Waals surface area contributed by atoms with Gasteiger partial charge >= 0.3 is 0 Å². The van der Waals surface area contributed by atoms with E-state index >= 15 is 0 Å². The van der Waals surface area contributed by atoms with Gasteiger partial charge in [-0.2, -0.15) is 4.31 Å². The van der Waals surface area contributed by atoms with Crippen LogP contribution in [0.5, 0.6) is 11.5 Å². The number of benzene rings is 2. The molecule has 0 saturated carbocycles. The Hall–Kier alpha value is -2.40. The summed E-state index contributed by atoms with van der Waals surface area (Å²) in [4.78, 5) is 12.0. The molecule has 1 amide bonds. The molecule has 2 aromatic rings. The number of nitrogens with zero attached hydrogens (tertiary/aromatic N) is 1. The Morgan fingerprint density at radius 1 is 1.10 bits per heavy atom. The Balaban J connectivity index is 1.50. The number of sulfonamides is 1. The first-order valence-electron chi connectivity index (χ1n) is 9.60. The highest BCUT2D eigenvalue weighted by molar-refractivity contribution is 7.89. The minimum absolute atomic E-state index is 0.0424. The highest BCUT2D eigenvalue weighted by Crippen LogP contribution is 2.38. The van der Waals surface area contributed by atoms with Crippen LogP contribution in [0.25, 0.3) is 0 Å². The van der Waals surface area contributed by atoms with Gasteiger partial charge in [-0.05, 0) is 35.9 Å². The summed E-state index contributed by atoms with van der Waals surface area (Å²) in [5, 5.41) is 2.94. The number of carbonyl (C=O) groups excluding carboxylic acids is 1. The maximum absolute atomic E-state index is 14.3. The van der Waals surface area contributed by atoms with Crippen molar-refractivity contribution < 1.29 is 31.8 Å². The van der Waals surface area contributed by atoms with E-state index in [-0.39, 0.29) is 38.4 Å². The molecular weight excluding hydrogens is 451 g/mol. The first-order chi connectivity index (χ1) is 14.8. The Kier molecular flexibility index (Phi) is 6.33. The normalized spacial score (nSPS) is 16.7. The van der Waals surface area contributed by atoms with Crippen molar-refractivity contribution in [2.45, 2.75) is 11.3 Å². The zero-order valence-electron chi connectivity index (χ0n) is 16.4. The molecule has 2 aliphatic heterocycles. The summed E-state index contributed by atoms with van der Waals surface area (Å²) >= 11 is 6.19. The highest BCUT2D eigenvalue weighted by atomic mass is 35.5. The molecule has 0 atom stereocenters. The molecule has 1 saturated heterocycles. The number of amides is 1. The van der Waals surface area contributed by atoms with Gasteiger partial charge in [0.25, 0.3) is 0 Å². The summed E-state index contributed by atoms with van der Waals surface area (Å²) in [5.41, 5.74) is 0.761. The van der Waals surface area contributed by atoms with Crippen LogP contribution in [0.2, 0.25) is 5.02 Å². The van der Waals surface area contributed by atoms with Gasteiger partial charge in [0.1, 0.15) is 23.9 Å². The molecule has 2 aliphatic rings. The van der Waals surface area contributed by atoms with Crippen molar-refractivity contribution >= 4 is 33.2 Å². The van der Waals surface area contributed by atoms with Gasteiger partial charge < -0.3 is 19.5 Å². The summed E-state index contributed by atoms with van der Waals surface area (Å²) in [6.07, 6.45) is -0.0424. The molecule has 166 valence electrons. The van der Waals surface area contributed by atoms with Crippen LogP contribution >= 0.6 is 11.6 Å². The van der Waals surface area contributed by atoms with Crippen LogP contribution in [-0.4, -0.2) is 58.1 Å². The zero-order chi connectivity index (χ0) is 22.0. The Morgan fingerprint density at radius 2 is 1.84 bits per heavy atom. The van der Waals surface area contributed by atoms with Gasteiger partial charge in [-0.15, -0.1) is 0 Å². The third kappa shape index (κ3) is 4.77. The molecule has 0 unspecified atom stereocenters. The molecule has 2 heterocycles. The van der Waals surface area contributed by atoms with E-state index in [0.717, 1.165) is 16.4 Å². The smallest absolute Gasteiger partial charge is 0.246 e. The fourth-order valence-electron chi connectivity index (χ4n) is 3.36. The number of rotatable bonds is 5. The summed E-state index contributed by atoms with van der Waals surface area (Å²) in [5.74, 6) is -0.409. The van der Waals surface area contributed by atoms with Gasteiger partial charge in [0.05, 0.1) is 24.7 Å². The number of ether oxygens (including phenoxy) is 3. The summed E-state index contributed by atoms with van der Waals surface area (Å²) < 4.78 is 57.2. The Morgan fingerprint density at radius 3 is 2.61 bits per heavy atom. The van der Waals surface area contributed by atoms with E-state index in [0.29, 0.717) is 35.3 Å². The largest absolute Gasteiger partial charge is 0.486 e. The van der Waals surface area contributed by atoms with Crippen LogP contribution < -0.4 is 14.8 Å². The second kappa shape index (κ2) is 8.99. The molecule has 1 N–H and O–H groups in total. The molecule has 0 radical (unpaired) electrons. The lowest BCUT2D eigenvalue weighted by molar-refractivity contribution is -0.115. The SMILES string of the molecule is O=C(Cc1cc(Cl)c2c(c1)OCCO2)Nc1ccc(F)c(S(=O)(=O)N2CCOCC2)c1. The minimum Gasteiger partial charge on any atom is -0.486 e. The number of fused-ring (bicyclic) bond motifs is 1. The summed E-state index contributed by atoms with van der Waals surface area (Å²) in [6.45, 7) is 1.55. The molecule has 0 aliphatic carbocycles. The van der Waals surface area contributed by atoms with E-state index in [1.54, 1.807) is 12.1 Å². The molecule has 0 aromatic heterocycles. The second-order valence-corrected chi connectivity index (χ2v) is 9.30. The number of hydrogen-bond acceptors (Lipinski definition) is 6. The predicted molar refractivity (Wildman–Crippen MR) is 111 cm³/mol. The van der Waals surface area contributed by atoms with Crippen LogP contribution in [0.15, 0.2) is 35.2 Å². The van der Waals surface area contributed by atoms with Crippen LogP contribution in [0.4, 0.5) is 10.1 Å². The number of anilines is 1. The molecule has 8 nitrogen and oxygen atoms in total. The Labute approximate surface area is 183 Å². The Bertz CT molecular complexity index is 1110. The zero-order valence-corrected chi connectivity index (χ0v) is 18.0. The standard InChI is InChI=1S/C20H20ClFN2O6S/c21-15-9-13(10-17-20(15)30-8-7-29-17)11-19(25)23-14-1-2-16(22)18(12-14)31(26,27)24-3-5-28-6-4-24/h1-2,9-10,12H,3-8,11H2,(H,23,25). The lowest BCUT2D eigenvalue weighted by atomic mass is 10.1. The van der Waals surface area contributed by atoms with Gasteiger partial charge in [0, 0.05) is 18.8 Å². The van der Waals surface area contributed by atoms with Crippen molar-refractivity contribution in [1.29, 1.82) is 0 Å². The van der Waals surface area contributed by atoms with E-state index < -0.39 is 26.6 Å². The molecule has 2 aromatic carbocycles. The van der Waals surface area contributed by atoms with Crippen molar-refractivity contribution in [3.05, 3.63) is 46.7 Å². The van der Waals surface area contributed by atoms with E-state index in [9.17, 15) is 17.6 Å². The van der Waals surface area contributed by atoms with Gasteiger partial charge in [-0.1, -0.05) is 11.6 Å². The van der Waals surface area contributed by atoms with Crippen LogP contribution in [0.3, 0.4) is 0 Å². The van der Waals surface area contributed by atoms with Crippen molar-refractivity contribution in [2.75, 3.05) is 44.8 Å². The second-order valence-electron chi connectivity index (χ2n) is 6.99. The van der Waals surface area contributed by atoms with Crippen molar-refractivity contribution in [3.63, 3.8) is 0 Å². The quantitative estimate of drug-likeness (QED) is 0.721. The first kappa shape index (κ1) is 21.8. The molecule has 0 bridgehead atoms. The molecule has 1 fully saturated rings. The number of carbonyl (C=O) groups is 1. The van der Waals surface area contributed by atoms with Crippen LogP contribution in [0, 0.1) is 5.82 Å². The minimum atomic E-state index is -4.05. The van der Waals surface area contributed by atoms with Gasteiger partial charge in [0.15, 0.2) is 11.5 Å². The third-order valence-corrected chi connectivity index (χ3v) is 7.02. The third-order valence-electron chi connectivity index (χ3n) is 4.82.